The van der Waals surface area contributed by atoms with Crippen LogP contribution in [0.15, 0.2) is 18.2 Å². The van der Waals surface area contributed by atoms with Gasteiger partial charge in [0.25, 0.3) is 0 Å². The third kappa shape index (κ3) is 2.74. The SMILES string of the molecule is CNCc1nc(Cc2cccc(Cl)c2C)c(C)[nH]1. The predicted molar refractivity (Wildman–Crippen MR) is 75.1 cm³/mol. The van der Waals surface area contributed by atoms with Crippen LogP contribution in [0.5, 0.6) is 0 Å². The smallest absolute Gasteiger partial charge is 0.120 e. The van der Waals surface area contributed by atoms with Crippen molar-refractivity contribution in [3.63, 3.8) is 0 Å². The van der Waals surface area contributed by atoms with Crippen LogP contribution in [-0.2, 0) is 13.0 Å². The molecule has 18 heavy (non-hydrogen) atoms. The molecule has 0 amide bonds. The molecule has 96 valence electrons. The number of halogens is 1. The fraction of sp³-hybridized carbons (Fsp3) is 0.357. The Morgan fingerprint density at radius 1 is 1.33 bits per heavy atom. The van der Waals surface area contributed by atoms with Gasteiger partial charge in [0.15, 0.2) is 0 Å². The summed E-state index contributed by atoms with van der Waals surface area (Å²) >= 11 is 6.14. The van der Waals surface area contributed by atoms with Crippen molar-refractivity contribution in [2.75, 3.05) is 7.05 Å². The summed E-state index contributed by atoms with van der Waals surface area (Å²) in [6, 6.07) is 6.01. The van der Waals surface area contributed by atoms with Gasteiger partial charge in [-0.05, 0) is 38.1 Å². The molecular formula is C14H18ClN3. The summed E-state index contributed by atoms with van der Waals surface area (Å²) in [5.74, 6) is 0.977. The van der Waals surface area contributed by atoms with E-state index in [-0.39, 0.29) is 0 Å². The second-order valence-electron chi connectivity index (χ2n) is 4.49. The minimum atomic E-state index is 0.759. The lowest BCUT2D eigenvalue weighted by Gasteiger charge is -2.06. The van der Waals surface area contributed by atoms with Crippen LogP contribution in [-0.4, -0.2) is 17.0 Å². The quantitative estimate of drug-likeness (QED) is 0.890. The van der Waals surface area contributed by atoms with Crippen molar-refractivity contribution in [1.82, 2.24) is 15.3 Å². The zero-order valence-corrected chi connectivity index (χ0v) is 11.7. The second-order valence-corrected chi connectivity index (χ2v) is 4.89. The van der Waals surface area contributed by atoms with Crippen molar-refractivity contribution in [2.45, 2.75) is 26.8 Å². The first kappa shape index (κ1) is 13.1. The van der Waals surface area contributed by atoms with Crippen LogP contribution in [0.4, 0.5) is 0 Å². The Balaban J connectivity index is 2.25. The number of aromatic nitrogens is 2. The lowest BCUT2D eigenvalue weighted by Crippen LogP contribution is -2.06. The lowest BCUT2D eigenvalue weighted by molar-refractivity contribution is 0.768. The number of nitrogens with zero attached hydrogens (tertiary/aromatic N) is 1. The molecular weight excluding hydrogens is 246 g/mol. The van der Waals surface area contributed by atoms with E-state index in [1.807, 2.05) is 26.1 Å². The van der Waals surface area contributed by atoms with Gasteiger partial charge >= 0.3 is 0 Å². The maximum atomic E-state index is 6.14. The normalized spacial score (nSPS) is 10.9. The molecule has 0 atom stereocenters. The van der Waals surface area contributed by atoms with Crippen molar-refractivity contribution in [3.8, 4) is 0 Å². The van der Waals surface area contributed by atoms with Gasteiger partial charge in [0, 0.05) is 17.1 Å². The fourth-order valence-electron chi connectivity index (χ4n) is 2.01. The Bertz CT molecular complexity index is 546. The molecule has 0 radical (unpaired) electrons. The average Bonchev–Trinajstić information content (AvgIpc) is 2.66. The summed E-state index contributed by atoms with van der Waals surface area (Å²) in [5, 5.41) is 3.91. The molecule has 3 nitrogen and oxygen atoms in total. The Morgan fingerprint density at radius 3 is 2.83 bits per heavy atom. The van der Waals surface area contributed by atoms with Gasteiger partial charge in [0.05, 0.1) is 12.2 Å². The summed E-state index contributed by atoms with van der Waals surface area (Å²) in [5.41, 5.74) is 4.58. The highest BCUT2D eigenvalue weighted by atomic mass is 35.5. The monoisotopic (exact) mass is 263 g/mol. The highest BCUT2D eigenvalue weighted by molar-refractivity contribution is 6.31. The number of H-pyrrole nitrogens is 1. The zero-order valence-electron chi connectivity index (χ0n) is 11.0. The van der Waals surface area contributed by atoms with Crippen LogP contribution in [0.25, 0.3) is 0 Å². The Labute approximate surface area is 113 Å². The van der Waals surface area contributed by atoms with Gasteiger partial charge in [-0.25, -0.2) is 4.98 Å². The Hall–Kier alpha value is -1.32. The van der Waals surface area contributed by atoms with E-state index in [4.69, 9.17) is 11.6 Å². The van der Waals surface area contributed by atoms with Gasteiger partial charge < -0.3 is 10.3 Å². The molecule has 0 saturated carbocycles. The molecule has 0 unspecified atom stereocenters. The van der Waals surface area contributed by atoms with E-state index >= 15 is 0 Å². The van der Waals surface area contributed by atoms with Crippen LogP contribution in [0.1, 0.15) is 28.3 Å². The summed E-state index contributed by atoms with van der Waals surface area (Å²) < 4.78 is 0. The number of nitrogens with one attached hydrogen (secondary N) is 2. The molecule has 1 aromatic heterocycles. The zero-order chi connectivity index (χ0) is 13.1. The number of imidazole rings is 1. The fourth-order valence-corrected chi connectivity index (χ4v) is 2.20. The number of hydrogen-bond acceptors (Lipinski definition) is 2. The van der Waals surface area contributed by atoms with E-state index in [9.17, 15) is 0 Å². The molecule has 0 aliphatic rings. The molecule has 0 fully saturated rings. The third-order valence-corrected chi connectivity index (χ3v) is 3.53. The van der Waals surface area contributed by atoms with Crippen LogP contribution < -0.4 is 5.32 Å². The Kier molecular flexibility index (Phi) is 4.04. The van der Waals surface area contributed by atoms with Crippen LogP contribution in [0.2, 0.25) is 5.02 Å². The maximum Gasteiger partial charge on any atom is 0.120 e. The molecule has 1 aromatic carbocycles. The van der Waals surface area contributed by atoms with Crippen molar-refractivity contribution in [3.05, 3.63) is 51.6 Å². The van der Waals surface area contributed by atoms with Gasteiger partial charge in [0.2, 0.25) is 0 Å². The van der Waals surface area contributed by atoms with E-state index in [0.717, 1.165) is 40.8 Å². The highest BCUT2D eigenvalue weighted by Gasteiger charge is 2.09. The third-order valence-electron chi connectivity index (χ3n) is 3.12. The summed E-state index contributed by atoms with van der Waals surface area (Å²) in [4.78, 5) is 7.90. The maximum absolute atomic E-state index is 6.14. The molecule has 1 heterocycles. The minimum absolute atomic E-state index is 0.759. The lowest BCUT2D eigenvalue weighted by atomic mass is 10.0. The highest BCUT2D eigenvalue weighted by Crippen LogP contribution is 2.21. The molecule has 4 heteroatoms. The largest absolute Gasteiger partial charge is 0.345 e. The van der Waals surface area contributed by atoms with Gasteiger partial charge in [-0.2, -0.15) is 0 Å². The summed E-state index contributed by atoms with van der Waals surface area (Å²) in [7, 11) is 1.92. The number of hydrogen-bond donors (Lipinski definition) is 2. The van der Waals surface area contributed by atoms with Gasteiger partial charge in [-0.1, -0.05) is 23.7 Å². The average molecular weight is 264 g/mol. The second kappa shape index (κ2) is 5.55. The van der Waals surface area contributed by atoms with Gasteiger partial charge in [-0.15, -0.1) is 0 Å². The molecule has 2 rings (SSSR count). The van der Waals surface area contributed by atoms with Crippen LogP contribution >= 0.6 is 11.6 Å². The summed E-state index contributed by atoms with van der Waals surface area (Å²) in [6.07, 6.45) is 0.818. The first-order valence-corrected chi connectivity index (χ1v) is 6.42. The number of aryl methyl sites for hydroxylation is 1. The van der Waals surface area contributed by atoms with E-state index in [2.05, 4.69) is 28.3 Å². The van der Waals surface area contributed by atoms with E-state index in [0.29, 0.717) is 0 Å². The minimum Gasteiger partial charge on any atom is -0.345 e. The van der Waals surface area contributed by atoms with Crippen molar-refractivity contribution >= 4 is 11.6 Å². The molecule has 0 bridgehead atoms. The molecule has 2 N–H and O–H groups in total. The standard InChI is InChI=1S/C14H18ClN3/c1-9-11(5-4-6-12(9)15)7-13-10(2)17-14(18-13)8-16-3/h4-6,16H,7-8H2,1-3H3,(H,17,18). The number of aromatic amines is 1. The van der Waals surface area contributed by atoms with Gasteiger partial charge in [0.1, 0.15) is 5.82 Å². The number of benzene rings is 1. The van der Waals surface area contributed by atoms with E-state index in [1.54, 1.807) is 0 Å². The van der Waals surface area contributed by atoms with Crippen molar-refractivity contribution in [2.24, 2.45) is 0 Å². The molecule has 0 spiro atoms. The van der Waals surface area contributed by atoms with E-state index in [1.165, 1.54) is 5.56 Å². The van der Waals surface area contributed by atoms with Crippen molar-refractivity contribution < 1.29 is 0 Å². The first-order chi connectivity index (χ1) is 8.61. The molecule has 0 aliphatic carbocycles. The van der Waals surface area contributed by atoms with Gasteiger partial charge in [-0.3, -0.25) is 0 Å². The van der Waals surface area contributed by atoms with Crippen LogP contribution in [0, 0.1) is 13.8 Å². The number of rotatable bonds is 4. The summed E-state index contributed by atoms with van der Waals surface area (Å²) in [6.45, 7) is 4.87. The Morgan fingerprint density at radius 2 is 2.11 bits per heavy atom. The predicted octanol–water partition coefficient (Wildman–Crippen LogP) is 2.99. The van der Waals surface area contributed by atoms with E-state index < -0.39 is 0 Å². The molecule has 0 aliphatic heterocycles. The van der Waals surface area contributed by atoms with Crippen LogP contribution in [0.3, 0.4) is 0 Å². The molecule has 2 aromatic rings. The topological polar surface area (TPSA) is 40.7 Å². The molecule has 0 saturated heterocycles. The van der Waals surface area contributed by atoms with Crippen molar-refractivity contribution in [1.29, 1.82) is 0 Å². The first-order valence-electron chi connectivity index (χ1n) is 6.04.